The first-order valence-electron chi connectivity index (χ1n) is 7.94. The van der Waals surface area contributed by atoms with Gasteiger partial charge in [0.2, 0.25) is 15.9 Å². The van der Waals surface area contributed by atoms with Crippen molar-refractivity contribution in [3.63, 3.8) is 0 Å². The third kappa shape index (κ3) is 4.11. The summed E-state index contributed by atoms with van der Waals surface area (Å²) in [5.41, 5.74) is -0.266. The van der Waals surface area contributed by atoms with E-state index in [0.717, 1.165) is 23.0 Å². The third-order valence-electron chi connectivity index (χ3n) is 4.10. The fourth-order valence-electron chi connectivity index (χ4n) is 2.65. The van der Waals surface area contributed by atoms with Crippen molar-refractivity contribution in [1.82, 2.24) is 24.2 Å². The van der Waals surface area contributed by atoms with Crippen molar-refractivity contribution in [1.29, 1.82) is 0 Å². The lowest BCUT2D eigenvalue weighted by molar-refractivity contribution is -0.133. The van der Waals surface area contributed by atoms with Crippen molar-refractivity contribution < 1.29 is 27.5 Å². The predicted molar refractivity (Wildman–Crippen MR) is 88.7 cm³/mol. The SMILES string of the molecule is O=C(O)c1cn(CC(=O)N2CCN(S(=O)(=O)c3ccc(F)cc3)CC2)nn1. The minimum Gasteiger partial charge on any atom is -0.476 e. The summed E-state index contributed by atoms with van der Waals surface area (Å²) in [7, 11) is -3.76. The number of halogens is 1. The molecule has 12 heteroatoms. The van der Waals surface area contributed by atoms with E-state index in [0.29, 0.717) is 0 Å². The quantitative estimate of drug-likeness (QED) is 0.731. The van der Waals surface area contributed by atoms with Gasteiger partial charge in [-0.2, -0.15) is 4.31 Å². The topological polar surface area (TPSA) is 126 Å². The highest BCUT2D eigenvalue weighted by atomic mass is 32.2. The lowest BCUT2D eigenvalue weighted by Crippen LogP contribution is -2.51. The number of piperazine rings is 1. The van der Waals surface area contributed by atoms with Crippen molar-refractivity contribution >= 4 is 21.9 Å². The second-order valence-corrected chi connectivity index (χ2v) is 7.78. The van der Waals surface area contributed by atoms with Gasteiger partial charge in [-0.15, -0.1) is 5.10 Å². The Hall–Kier alpha value is -2.86. The number of hydrogen-bond acceptors (Lipinski definition) is 6. The Morgan fingerprint density at radius 3 is 2.30 bits per heavy atom. The van der Waals surface area contributed by atoms with E-state index >= 15 is 0 Å². The lowest BCUT2D eigenvalue weighted by Gasteiger charge is -2.34. The minimum absolute atomic E-state index is 0.00695. The summed E-state index contributed by atoms with van der Waals surface area (Å²) >= 11 is 0. The van der Waals surface area contributed by atoms with Crippen molar-refractivity contribution in [3.8, 4) is 0 Å². The van der Waals surface area contributed by atoms with E-state index in [4.69, 9.17) is 5.11 Å². The highest BCUT2D eigenvalue weighted by Crippen LogP contribution is 2.18. The highest BCUT2D eigenvalue weighted by molar-refractivity contribution is 7.89. The summed E-state index contributed by atoms with van der Waals surface area (Å²) in [6.07, 6.45) is 1.15. The summed E-state index contributed by atoms with van der Waals surface area (Å²) in [6.45, 7) is 0.372. The highest BCUT2D eigenvalue weighted by Gasteiger charge is 2.30. The van der Waals surface area contributed by atoms with Crippen molar-refractivity contribution in [3.05, 3.63) is 42.0 Å². The summed E-state index contributed by atoms with van der Waals surface area (Å²) in [5, 5.41) is 15.8. The molecule has 1 N–H and O–H groups in total. The van der Waals surface area contributed by atoms with Crippen LogP contribution in [0, 0.1) is 5.82 Å². The van der Waals surface area contributed by atoms with E-state index in [2.05, 4.69) is 10.3 Å². The van der Waals surface area contributed by atoms with Crippen LogP contribution >= 0.6 is 0 Å². The van der Waals surface area contributed by atoms with Crippen molar-refractivity contribution in [2.45, 2.75) is 11.4 Å². The molecule has 3 rings (SSSR count). The number of carbonyl (C=O) groups excluding carboxylic acids is 1. The van der Waals surface area contributed by atoms with Gasteiger partial charge in [0.05, 0.1) is 11.1 Å². The number of carboxylic acid groups (broad SMARTS) is 1. The van der Waals surface area contributed by atoms with Crippen LogP contribution in [-0.2, 0) is 21.4 Å². The van der Waals surface area contributed by atoms with Gasteiger partial charge >= 0.3 is 5.97 Å². The molecule has 0 atom stereocenters. The van der Waals surface area contributed by atoms with Crippen LogP contribution in [0.15, 0.2) is 35.4 Å². The van der Waals surface area contributed by atoms with Crippen LogP contribution in [0.1, 0.15) is 10.5 Å². The first-order chi connectivity index (χ1) is 12.8. The summed E-state index contributed by atoms with van der Waals surface area (Å²) in [4.78, 5) is 24.5. The van der Waals surface area contributed by atoms with Crippen LogP contribution in [0.4, 0.5) is 4.39 Å². The molecule has 0 bridgehead atoms. The molecule has 2 aromatic rings. The van der Waals surface area contributed by atoms with Gasteiger partial charge in [0.15, 0.2) is 5.69 Å². The zero-order valence-corrected chi connectivity index (χ0v) is 14.8. The molecule has 10 nitrogen and oxygen atoms in total. The van der Waals surface area contributed by atoms with E-state index in [1.54, 1.807) is 0 Å². The molecule has 0 radical (unpaired) electrons. The van der Waals surface area contributed by atoms with Crippen LogP contribution in [0.5, 0.6) is 0 Å². The van der Waals surface area contributed by atoms with Gasteiger partial charge in [-0.1, -0.05) is 5.21 Å². The van der Waals surface area contributed by atoms with Crippen LogP contribution in [-0.4, -0.2) is 75.8 Å². The minimum atomic E-state index is -3.76. The molecule has 1 fully saturated rings. The molecular formula is C15H16FN5O5S. The van der Waals surface area contributed by atoms with Gasteiger partial charge in [-0.05, 0) is 24.3 Å². The van der Waals surface area contributed by atoms with E-state index in [1.165, 1.54) is 21.3 Å². The molecule has 1 aromatic carbocycles. The Balaban J connectivity index is 1.60. The smallest absolute Gasteiger partial charge is 0.358 e. The summed E-state index contributed by atoms with van der Waals surface area (Å²) in [5.74, 6) is -2.09. The van der Waals surface area contributed by atoms with Gasteiger partial charge in [-0.25, -0.2) is 22.3 Å². The van der Waals surface area contributed by atoms with Crippen LogP contribution in [0.2, 0.25) is 0 Å². The molecule has 1 aliphatic heterocycles. The van der Waals surface area contributed by atoms with Gasteiger partial charge < -0.3 is 10.0 Å². The number of sulfonamides is 1. The number of nitrogens with zero attached hydrogens (tertiary/aromatic N) is 5. The number of carboxylic acids is 1. The van der Waals surface area contributed by atoms with Gasteiger partial charge in [0, 0.05) is 26.2 Å². The fraction of sp³-hybridized carbons (Fsp3) is 0.333. The zero-order chi connectivity index (χ0) is 19.6. The molecule has 0 aliphatic carbocycles. The maximum absolute atomic E-state index is 13.0. The van der Waals surface area contributed by atoms with Crippen molar-refractivity contribution in [2.24, 2.45) is 0 Å². The largest absolute Gasteiger partial charge is 0.476 e. The number of carbonyl (C=O) groups is 2. The average molecular weight is 397 g/mol. The fourth-order valence-corrected chi connectivity index (χ4v) is 4.07. The molecule has 2 heterocycles. The Kier molecular flexibility index (Phi) is 5.19. The van der Waals surface area contributed by atoms with Crippen LogP contribution in [0.3, 0.4) is 0 Å². The van der Waals surface area contributed by atoms with Crippen LogP contribution < -0.4 is 0 Å². The van der Waals surface area contributed by atoms with E-state index < -0.39 is 21.8 Å². The molecule has 0 saturated carbocycles. The number of hydrogen-bond donors (Lipinski definition) is 1. The number of rotatable bonds is 5. The van der Waals surface area contributed by atoms with Gasteiger partial charge in [0.1, 0.15) is 12.4 Å². The van der Waals surface area contributed by atoms with E-state index in [-0.39, 0.29) is 49.2 Å². The summed E-state index contributed by atoms with van der Waals surface area (Å²) < 4.78 is 40.5. The van der Waals surface area contributed by atoms with E-state index in [9.17, 15) is 22.4 Å². The molecule has 1 aromatic heterocycles. The first-order valence-corrected chi connectivity index (χ1v) is 9.38. The normalized spacial score (nSPS) is 15.7. The standard InChI is InChI=1S/C15H16FN5O5S/c16-11-1-3-12(4-2-11)27(25,26)21-7-5-19(6-8-21)14(22)10-20-9-13(15(23)24)17-18-20/h1-4,9H,5-8,10H2,(H,23,24). The molecule has 1 aliphatic rings. The second-order valence-electron chi connectivity index (χ2n) is 5.85. The van der Waals surface area contributed by atoms with Crippen molar-refractivity contribution in [2.75, 3.05) is 26.2 Å². The molecule has 1 saturated heterocycles. The van der Waals surface area contributed by atoms with Gasteiger partial charge in [-0.3, -0.25) is 4.79 Å². The maximum atomic E-state index is 13.0. The Morgan fingerprint density at radius 1 is 1.11 bits per heavy atom. The Labute approximate surface area is 153 Å². The second kappa shape index (κ2) is 7.40. The molecule has 144 valence electrons. The predicted octanol–water partition coefficient (Wildman–Crippen LogP) is -0.352. The first kappa shape index (κ1) is 18.9. The molecule has 0 unspecified atom stereocenters. The number of benzene rings is 1. The molecule has 0 spiro atoms. The monoisotopic (exact) mass is 397 g/mol. The van der Waals surface area contributed by atoms with Gasteiger partial charge in [0.25, 0.3) is 0 Å². The lowest BCUT2D eigenvalue weighted by atomic mass is 10.3. The zero-order valence-electron chi connectivity index (χ0n) is 14.0. The molecule has 27 heavy (non-hydrogen) atoms. The maximum Gasteiger partial charge on any atom is 0.358 e. The molecule has 1 amide bonds. The van der Waals surface area contributed by atoms with Crippen LogP contribution in [0.25, 0.3) is 0 Å². The number of aromatic nitrogens is 3. The average Bonchev–Trinajstić information content (AvgIpc) is 3.11. The summed E-state index contributed by atoms with van der Waals surface area (Å²) in [6, 6.07) is 4.56. The van der Waals surface area contributed by atoms with E-state index in [1.807, 2.05) is 0 Å². The molecular weight excluding hydrogens is 381 g/mol. The number of aromatic carboxylic acids is 1. The Bertz CT molecular complexity index is 951. The third-order valence-corrected chi connectivity index (χ3v) is 6.01. The number of amides is 1. The Morgan fingerprint density at radius 2 is 1.74 bits per heavy atom.